The average Bonchev–Trinajstić information content (AvgIpc) is 2.50. The Labute approximate surface area is 123 Å². The number of piperidine rings is 1. The first kappa shape index (κ1) is 15.5. The summed E-state index contributed by atoms with van der Waals surface area (Å²) in [5.74, 6) is -0.796. The van der Waals surface area contributed by atoms with Crippen molar-refractivity contribution in [2.75, 3.05) is 19.7 Å². The van der Waals surface area contributed by atoms with Gasteiger partial charge in [-0.05, 0) is 37.5 Å². The fourth-order valence-corrected chi connectivity index (χ4v) is 2.54. The molecule has 4 nitrogen and oxygen atoms in total. The summed E-state index contributed by atoms with van der Waals surface area (Å²) in [5.41, 5.74) is 0.777. The molecule has 1 aromatic carbocycles. The van der Waals surface area contributed by atoms with Gasteiger partial charge in [-0.25, -0.2) is 4.39 Å². The van der Waals surface area contributed by atoms with E-state index in [1.54, 1.807) is 24.0 Å². The molecule has 1 unspecified atom stereocenters. The number of hydrogen-bond acceptors (Lipinski definition) is 3. The van der Waals surface area contributed by atoms with Crippen LogP contribution < -0.4 is 0 Å². The lowest BCUT2D eigenvalue weighted by atomic mass is 9.97. The minimum Gasteiger partial charge on any atom is -0.466 e. The molecule has 1 atom stereocenters. The zero-order valence-corrected chi connectivity index (χ0v) is 12.2. The van der Waals surface area contributed by atoms with Gasteiger partial charge in [-0.3, -0.25) is 9.59 Å². The lowest BCUT2D eigenvalue weighted by molar-refractivity contribution is -0.151. The van der Waals surface area contributed by atoms with Crippen molar-refractivity contribution < 1.29 is 18.7 Å². The number of hydrogen-bond donors (Lipinski definition) is 0. The van der Waals surface area contributed by atoms with E-state index < -0.39 is 0 Å². The van der Waals surface area contributed by atoms with Gasteiger partial charge >= 0.3 is 5.97 Å². The third kappa shape index (κ3) is 4.28. The molecule has 2 rings (SSSR count). The molecule has 1 saturated heterocycles. The Morgan fingerprint density at radius 2 is 2.05 bits per heavy atom. The van der Waals surface area contributed by atoms with E-state index in [2.05, 4.69) is 0 Å². The summed E-state index contributed by atoms with van der Waals surface area (Å²) in [4.78, 5) is 25.7. The van der Waals surface area contributed by atoms with E-state index in [9.17, 15) is 14.0 Å². The van der Waals surface area contributed by atoms with E-state index in [1.807, 2.05) is 0 Å². The first-order valence-electron chi connectivity index (χ1n) is 7.29. The van der Waals surface area contributed by atoms with Gasteiger partial charge in [-0.15, -0.1) is 0 Å². The van der Waals surface area contributed by atoms with Crippen LogP contribution in [0.5, 0.6) is 0 Å². The Morgan fingerprint density at radius 3 is 2.71 bits per heavy atom. The summed E-state index contributed by atoms with van der Waals surface area (Å²) in [6.45, 7) is 3.21. The minimum atomic E-state index is -0.313. The highest BCUT2D eigenvalue weighted by Crippen LogP contribution is 2.19. The number of likely N-dealkylation sites (tertiary alicyclic amines) is 1. The Bertz CT molecular complexity index is 501. The molecule has 1 aromatic rings. The van der Waals surface area contributed by atoms with Crippen molar-refractivity contribution in [2.45, 2.75) is 26.2 Å². The monoisotopic (exact) mass is 293 g/mol. The van der Waals surface area contributed by atoms with Crippen LogP contribution in [0.2, 0.25) is 0 Å². The molecule has 1 amide bonds. The standard InChI is InChI=1S/C16H20FNO3/c1-2-21-16(20)13-4-3-9-18(11-13)15(19)10-12-5-7-14(17)8-6-12/h5-8,13H,2-4,9-11H2,1H3. The van der Waals surface area contributed by atoms with Crippen LogP contribution >= 0.6 is 0 Å². The largest absolute Gasteiger partial charge is 0.466 e. The van der Waals surface area contributed by atoms with E-state index in [4.69, 9.17) is 4.74 Å². The molecular formula is C16H20FNO3. The summed E-state index contributed by atoms with van der Waals surface area (Å²) in [5, 5.41) is 0. The van der Waals surface area contributed by atoms with Crippen LogP contribution in [0.1, 0.15) is 25.3 Å². The Hall–Kier alpha value is -1.91. The van der Waals surface area contributed by atoms with E-state index in [0.29, 0.717) is 19.7 Å². The van der Waals surface area contributed by atoms with Crippen LogP contribution in [0.3, 0.4) is 0 Å². The second kappa shape index (κ2) is 7.20. The van der Waals surface area contributed by atoms with Crippen molar-refractivity contribution in [2.24, 2.45) is 5.92 Å². The fourth-order valence-electron chi connectivity index (χ4n) is 2.54. The molecule has 0 N–H and O–H groups in total. The lowest BCUT2D eigenvalue weighted by Crippen LogP contribution is -2.43. The number of halogens is 1. The quantitative estimate of drug-likeness (QED) is 0.799. The van der Waals surface area contributed by atoms with Gasteiger partial charge in [0.05, 0.1) is 18.9 Å². The topological polar surface area (TPSA) is 46.6 Å². The maximum Gasteiger partial charge on any atom is 0.310 e. The van der Waals surface area contributed by atoms with Gasteiger partial charge in [-0.2, -0.15) is 0 Å². The zero-order valence-electron chi connectivity index (χ0n) is 12.2. The molecule has 1 fully saturated rings. The van der Waals surface area contributed by atoms with Crippen LogP contribution in [0, 0.1) is 11.7 Å². The third-order valence-electron chi connectivity index (χ3n) is 3.66. The molecule has 0 saturated carbocycles. The number of nitrogens with zero attached hydrogens (tertiary/aromatic N) is 1. The molecule has 0 bridgehead atoms. The number of benzene rings is 1. The molecule has 0 aliphatic carbocycles. The third-order valence-corrected chi connectivity index (χ3v) is 3.66. The number of amides is 1. The van der Waals surface area contributed by atoms with Crippen molar-refractivity contribution in [3.8, 4) is 0 Å². The van der Waals surface area contributed by atoms with E-state index in [-0.39, 0.29) is 30.0 Å². The van der Waals surface area contributed by atoms with Crippen molar-refractivity contribution in [1.82, 2.24) is 4.90 Å². The van der Waals surface area contributed by atoms with E-state index in [0.717, 1.165) is 18.4 Å². The molecule has 114 valence electrons. The number of carbonyl (C=O) groups excluding carboxylic acids is 2. The molecule has 0 aromatic heterocycles. The maximum absolute atomic E-state index is 12.8. The van der Waals surface area contributed by atoms with Crippen LogP contribution in [0.15, 0.2) is 24.3 Å². The van der Waals surface area contributed by atoms with Crippen LogP contribution in [0.4, 0.5) is 4.39 Å². The first-order valence-corrected chi connectivity index (χ1v) is 7.29. The Morgan fingerprint density at radius 1 is 1.33 bits per heavy atom. The molecule has 1 aliphatic rings. The van der Waals surface area contributed by atoms with Gasteiger partial charge in [-0.1, -0.05) is 12.1 Å². The van der Waals surface area contributed by atoms with Gasteiger partial charge in [0.1, 0.15) is 5.82 Å². The summed E-state index contributed by atoms with van der Waals surface area (Å²) < 4.78 is 17.9. The SMILES string of the molecule is CCOC(=O)C1CCCN(C(=O)Cc2ccc(F)cc2)C1. The average molecular weight is 293 g/mol. The molecule has 0 radical (unpaired) electrons. The molecule has 0 spiro atoms. The predicted molar refractivity (Wildman–Crippen MR) is 76.0 cm³/mol. The smallest absolute Gasteiger partial charge is 0.310 e. The van der Waals surface area contributed by atoms with Crippen molar-refractivity contribution in [3.05, 3.63) is 35.6 Å². The van der Waals surface area contributed by atoms with E-state index >= 15 is 0 Å². The zero-order chi connectivity index (χ0) is 15.2. The number of ether oxygens (including phenoxy) is 1. The van der Waals surface area contributed by atoms with Crippen LogP contribution in [-0.2, 0) is 20.7 Å². The van der Waals surface area contributed by atoms with Gasteiger partial charge in [0.2, 0.25) is 5.91 Å². The summed E-state index contributed by atoms with van der Waals surface area (Å²) in [6.07, 6.45) is 1.80. The predicted octanol–water partition coefficient (Wildman–Crippen LogP) is 2.17. The summed E-state index contributed by atoms with van der Waals surface area (Å²) in [7, 11) is 0. The first-order chi connectivity index (χ1) is 10.1. The minimum absolute atomic E-state index is 0.0318. The van der Waals surface area contributed by atoms with Crippen molar-refractivity contribution in [1.29, 1.82) is 0 Å². The highest BCUT2D eigenvalue weighted by Gasteiger charge is 2.29. The number of rotatable bonds is 4. The normalized spacial score (nSPS) is 18.4. The molecule has 1 heterocycles. The Kier molecular flexibility index (Phi) is 5.31. The number of carbonyl (C=O) groups is 2. The molecule has 1 aliphatic heterocycles. The second-order valence-corrected chi connectivity index (χ2v) is 5.23. The fraction of sp³-hybridized carbons (Fsp3) is 0.500. The highest BCUT2D eigenvalue weighted by atomic mass is 19.1. The lowest BCUT2D eigenvalue weighted by Gasteiger charge is -2.31. The summed E-state index contributed by atoms with van der Waals surface area (Å²) >= 11 is 0. The van der Waals surface area contributed by atoms with Gasteiger partial charge in [0.25, 0.3) is 0 Å². The van der Waals surface area contributed by atoms with Crippen LogP contribution in [-0.4, -0.2) is 36.5 Å². The Balaban J connectivity index is 1.92. The second-order valence-electron chi connectivity index (χ2n) is 5.23. The molecule has 21 heavy (non-hydrogen) atoms. The number of esters is 1. The van der Waals surface area contributed by atoms with Crippen molar-refractivity contribution >= 4 is 11.9 Å². The van der Waals surface area contributed by atoms with E-state index in [1.165, 1.54) is 12.1 Å². The van der Waals surface area contributed by atoms with Crippen LogP contribution in [0.25, 0.3) is 0 Å². The van der Waals surface area contributed by atoms with Gasteiger partial charge in [0, 0.05) is 13.1 Å². The maximum atomic E-state index is 12.8. The molecule has 5 heteroatoms. The van der Waals surface area contributed by atoms with Gasteiger partial charge < -0.3 is 9.64 Å². The summed E-state index contributed by atoms with van der Waals surface area (Å²) in [6, 6.07) is 5.92. The van der Waals surface area contributed by atoms with Gasteiger partial charge in [0.15, 0.2) is 0 Å². The molecular weight excluding hydrogens is 273 g/mol. The highest BCUT2D eigenvalue weighted by molar-refractivity contribution is 5.80. The van der Waals surface area contributed by atoms with Crippen molar-refractivity contribution in [3.63, 3.8) is 0 Å².